The van der Waals surface area contributed by atoms with Crippen LogP contribution in [0.1, 0.15) is 40.2 Å². The molecule has 1 heterocycles. The van der Waals surface area contributed by atoms with Crippen LogP contribution in [0.5, 0.6) is 0 Å². The van der Waals surface area contributed by atoms with Gasteiger partial charge in [-0.1, -0.05) is 97.1 Å². The van der Waals surface area contributed by atoms with Crippen LogP contribution in [0.2, 0.25) is 0 Å². The van der Waals surface area contributed by atoms with E-state index in [9.17, 15) is 14.4 Å². The average Bonchev–Trinajstić information content (AvgIpc) is 3.28. The van der Waals surface area contributed by atoms with E-state index in [2.05, 4.69) is 22.7 Å². The number of anilines is 1. The zero-order valence-electron chi connectivity index (χ0n) is 21.7. The molecule has 1 saturated heterocycles. The minimum atomic E-state index is -1.00. The number of hydrazone groups is 1. The fraction of sp³-hybridized carbons (Fsp3) is 0.176. The largest absolute Gasteiger partial charge is 0.274 e. The van der Waals surface area contributed by atoms with Gasteiger partial charge >= 0.3 is 0 Å². The first-order chi connectivity index (χ1) is 19.6. The lowest BCUT2D eigenvalue weighted by Crippen LogP contribution is -2.54. The number of hydrogen-bond donors (Lipinski definition) is 1. The van der Waals surface area contributed by atoms with E-state index >= 15 is 0 Å². The van der Waals surface area contributed by atoms with Gasteiger partial charge in [-0.25, -0.2) is 10.3 Å². The van der Waals surface area contributed by atoms with Crippen molar-refractivity contribution in [2.75, 3.05) is 4.90 Å². The Balaban J connectivity index is 1.32. The van der Waals surface area contributed by atoms with Crippen molar-refractivity contribution in [3.8, 4) is 0 Å². The summed E-state index contributed by atoms with van der Waals surface area (Å²) in [6, 6.07) is 35.0. The molecule has 0 saturated carbocycles. The topological polar surface area (TPSA) is 78.8 Å². The fourth-order valence-electron chi connectivity index (χ4n) is 7.05. The van der Waals surface area contributed by atoms with Gasteiger partial charge in [0.1, 0.15) is 0 Å². The monoisotopic (exact) mass is 525 g/mol. The Hall–Kier alpha value is -4.84. The number of amides is 3. The summed E-state index contributed by atoms with van der Waals surface area (Å²) in [4.78, 5) is 42.5. The van der Waals surface area contributed by atoms with Gasteiger partial charge < -0.3 is 0 Å². The van der Waals surface area contributed by atoms with Crippen LogP contribution < -0.4 is 10.3 Å². The van der Waals surface area contributed by atoms with Gasteiger partial charge in [-0.05, 0) is 46.4 Å². The summed E-state index contributed by atoms with van der Waals surface area (Å²) < 4.78 is 0. The van der Waals surface area contributed by atoms with Crippen molar-refractivity contribution in [2.45, 2.75) is 24.2 Å². The second-order valence-corrected chi connectivity index (χ2v) is 10.7. The number of nitrogens with zero attached hydrogens (tertiary/aromatic N) is 2. The van der Waals surface area contributed by atoms with Crippen LogP contribution in [0, 0.1) is 11.8 Å². The Kier molecular flexibility index (Phi) is 5.70. The molecule has 3 aliphatic carbocycles. The molecule has 6 nitrogen and oxygen atoms in total. The van der Waals surface area contributed by atoms with Crippen molar-refractivity contribution in [3.63, 3.8) is 0 Å². The minimum Gasteiger partial charge on any atom is -0.274 e. The van der Waals surface area contributed by atoms with Crippen molar-refractivity contribution in [1.82, 2.24) is 5.43 Å². The van der Waals surface area contributed by atoms with Crippen LogP contribution in [0.4, 0.5) is 5.69 Å². The summed E-state index contributed by atoms with van der Waals surface area (Å²) in [7, 11) is 0. The second kappa shape index (κ2) is 9.42. The number of benzene rings is 4. The molecule has 1 fully saturated rings. The standard InChI is InChI=1S/C34H27N3O3/c38-28(20-19-22-11-3-1-4-12-22)36-35-21-34-26-17-9-7-15-24(26)29(25-16-8-10-18-27(25)34)30-31(34)33(40)37(32(30)39)23-13-5-2-6-14-23/h1-18,21,29-31H,19-20H2,(H,36,38)/b35-21-/t29?,30-,31+,34?/m0/s1. The van der Waals surface area contributed by atoms with E-state index in [4.69, 9.17) is 0 Å². The van der Waals surface area contributed by atoms with E-state index in [0.29, 0.717) is 12.1 Å². The smallest absolute Gasteiger partial charge is 0.240 e. The molecule has 4 aromatic rings. The number of hydrogen-bond acceptors (Lipinski definition) is 4. The van der Waals surface area contributed by atoms with E-state index < -0.39 is 17.3 Å². The lowest BCUT2D eigenvalue weighted by molar-refractivity contribution is -0.123. The second-order valence-electron chi connectivity index (χ2n) is 10.7. The third-order valence-corrected chi connectivity index (χ3v) is 8.64. The van der Waals surface area contributed by atoms with Gasteiger partial charge in [0.2, 0.25) is 17.7 Å². The third-order valence-electron chi connectivity index (χ3n) is 8.64. The molecule has 40 heavy (non-hydrogen) atoms. The normalized spacial score (nSPS) is 24.1. The van der Waals surface area contributed by atoms with Gasteiger partial charge in [-0.15, -0.1) is 0 Å². The Morgan fingerprint density at radius 1 is 0.775 bits per heavy atom. The molecule has 2 atom stereocenters. The van der Waals surface area contributed by atoms with Crippen molar-refractivity contribution in [2.24, 2.45) is 16.9 Å². The molecule has 0 radical (unpaired) electrons. The van der Waals surface area contributed by atoms with Gasteiger partial charge in [0.15, 0.2) is 0 Å². The summed E-state index contributed by atoms with van der Waals surface area (Å²) in [5.41, 5.74) is 7.32. The van der Waals surface area contributed by atoms with Gasteiger partial charge in [0.25, 0.3) is 0 Å². The molecule has 0 aromatic heterocycles. The maximum absolute atomic E-state index is 14.3. The Morgan fingerprint density at radius 2 is 1.35 bits per heavy atom. The molecule has 1 N–H and O–H groups in total. The summed E-state index contributed by atoms with van der Waals surface area (Å²) in [6.45, 7) is 0. The van der Waals surface area contributed by atoms with Crippen molar-refractivity contribution in [3.05, 3.63) is 137 Å². The van der Waals surface area contributed by atoms with E-state index in [-0.39, 0.29) is 30.1 Å². The number of carbonyl (C=O) groups is 3. The molecular weight excluding hydrogens is 498 g/mol. The van der Waals surface area contributed by atoms with Crippen LogP contribution in [0.3, 0.4) is 0 Å². The predicted octanol–water partition coefficient (Wildman–Crippen LogP) is 4.97. The first-order valence-corrected chi connectivity index (χ1v) is 13.6. The summed E-state index contributed by atoms with van der Waals surface area (Å²) in [5, 5.41) is 4.48. The lowest BCUT2D eigenvalue weighted by atomic mass is 9.47. The molecule has 0 spiro atoms. The minimum absolute atomic E-state index is 0.195. The molecular formula is C34H27N3O3. The zero-order chi connectivity index (χ0) is 27.3. The maximum atomic E-state index is 14.3. The molecule has 4 aliphatic rings. The molecule has 1 aliphatic heterocycles. The number of imide groups is 1. The zero-order valence-corrected chi connectivity index (χ0v) is 21.7. The molecule has 6 heteroatoms. The number of carbonyl (C=O) groups excluding carboxylic acids is 3. The van der Waals surface area contributed by atoms with E-state index in [1.807, 2.05) is 84.9 Å². The van der Waals surface area contributed by atoms with Crippen LogP contribution >= 0.6 is 0 Å². The fourth-order valence-corrected chi connectivity index (χ4v) is 7.05. The number of nitrogens with one attached hydrogen (secondary N) is 1. The quantitative estimate of drug-likeness (QED) is 0.219. The van der Waals surface area contributed by atoms with Crippen molar-refractivity contribution in [1.29, 1.82) is 0 Å². The first kappa shape index (κ1) is 24.2. The SMILES string of the molecule is O=C(CCc1ccccc1)N/N=C\C12c3ccccc3C(c3ccccc31)[C@@H]1C(=O)N(c3ccccc3)C(=O)[C@@H]12. The predicted molar refractivity (Wildman–Crippen MR) is 153 cm³/mol. The van der Waals surface area contributed by atoms with Crippen LogP contribution in [-0.4, -0.2) is 23.9 Å². The Morgan fingerprint density at radius 3 is 2.00 bits per heavy atom. The Bertz CT molecular complexity index is 1620. The molecule has 0 unspecified atom stereocenters. The van der Waals surface area contributed by atoms with Crippen molar-refractivity contribution >= 4 is 29.6 Å². The van der Waals surface area contributed by atoms with E-state index in [1.54, 1.807) is 18.3 Å². The summed E-state index contributed by atoms with van der Waals surface area (Å²) in [6.07, 6.45) is 2.59. The van der Waals surface area contributed by atoms with E-state index in [1.165, 1.54) is 4.90 Å². The molecule has 3 amide bonds. The molecule has 2 bridgehead atoms. The van der Waals surface area contributed by atoms with Gasteiger partial charge in [-0.2, -0.15) is 5.10 Å². The average molecular weight is 526 g/mol. The maximum Gasteiger partial charge on any atom is 0.240 e. The van der Waals surface area contributed by atoms with Gasteiger partial charge in [0.05, 0.1) is 22.9 Å². The number of rotatable bonds is 6. The van der Waals surface area contributed by atoms with Gasteiger partial charge in [0, 0.05) is 18.6 Å². The molecule has 4 aromatic carbocycles. The van der Waals surface area contributed by atoms with Crippen LogP contribution in [-0.2, 0) is 26.2 Å². The first-order valence-electron chi connectivity index (χ1n) is 13.6. The summed E-state index contributed by atoms with van der Waals surface area (Å²) >= 11 is 0. The highest BCUT2D eigenvalue weighted by molar-refractivity contribution is 6.25. The number of para-hydroxylation sites is 1. The lowest BCUT2D eigenvalue weighted by Gasteiger charge is -2.52. The van der Waals surface area contributed by atoms with Gasteiger partial charge in [-0.3, -0.25) is 14.4 Å². The highest BCUT2D eigenvalue weighted by Gasteiger charge is 2.68. The molecule has 196 valence electrons. The highest BCUT2D eigenvalue weighted by Crippen LogP contribution is 2.63. The highest BCUT2D eigenvalue weighted by atomic mass is 16.2. The molecule has 8 rings (SSSR count). The van der Waals surface area contributed by atoms with E-state index in [0.717, 1.165) is 27.8 Å². The van der Waals surface area contributed by atoms with Crippen LogP contribution in [0.25, 0.3) is 0 Å². The van der Waals surface area contributed by atoms with Crippen LogP contribution in [0.15, 0.2) is 114 Å². The summed E-state index contributed by atoms with van der Waals surface area (Å²) in [5.74, 6) is -2.13. The Labute approximate surface area is 232 Å². The third kappa shape index (κ3) is 3.49. The van der Waals surface area contributed by atoms with Crippen molar-refractivity contribution < 1.29 is 14.4 Å². The number of aryl methyl sites for hydroxylation is 1.